The van der Waals surface area contributed by atoms with Gasteiger partial charge < -0.3 is 10.1 Å². The van der Waals surface area contributed by atoms with E-state index in [0.717, 1.165) is 34.2 Å². The molecule has 0 radical (unpaired) electrons. The molecule has 0 saturated carbocycles. The molecule has 0 aliphatic carbocycles. The van der Waals surface area contributed by atoms with Gasteiger partial charge in [-0.05, 0) is 35.9 Å². The summed E-state index contributed by atoms with van der Waals surface area (Å²) >= 11 is 0. The number of anilines is 1. The molecule has 0 atom stereocenters. The minimum Gasteiger partial charge on any atom is -0.493 e. The molecule has 162 valence electrons. The lowest BCUT2D eigenvalue weighted by molar-refractivity contribution is -0.121. The number of hydrogen-bond acceptors (Lipinski definition) is 4. The molecule has 6 nitrogen and oxygen atoms in total. The molecule has 1 N–H and O–H groups in total. The molecule has 3 aromatic rings. The lowest BCUT2D eigenvalue weighted by Crippen LogP contribution is -2.37. The van der Waals surface area contributed by atoms with Gasteiger partial charge >= 0.3 is 0 Å². The smallest absolute Gasteiger partial charge is 0.236 e. The Balaban J connectivity index is 1.19. The van der Waals surface area contributed by atoms with Crippen LogP contribution in [0.25, 0.3) is 10.8 Å². The fourth-order valence-corrected chi connectivity index (χ4v) is 5.28. The number of benzene rings is 3. The highest BCUT2D eigenvalue weighted by molar-refractivity contribution is 7.92. The van der Waals surface area contributed by atoms with Crippen LogP contribution in [0.5, 0.6) is 5.75 Å². The van der Waals surface area contributed by atoms with Gasteiger partial charge in [-0.3, -0.25) is 9.10 Å². The number of para-hydroxylation sites is 1. The zero-order chi connectivity index (χ0) is 21.7. The molecule has 0 bridgehead atoms. The maximum atomic E-state index is 12.7. The number of ether oxygens (including phenoxy) is 1. The summed E-state index contributed by atoms with van der Waals surface area (Å²) < 4.78 is 32.6. The van der Waals surface area contributed by atoms with E-state index >= 15 is 0 Å². The van der Waals surface area contributed by atoms with Gasteiger partial charge in [0.05, 0.1) is 18.0 Å². The summed E-state index contributed by atoms with van der Waals surface area (Å²) in [5.41, 5.74) is 1.79. The van der Waals surface area contributed by atoms with Gasteiger partial charge in [0.1, 0.15) is 5.75 Å². The van der Waals surface area contributed by atoms with Crippen molar-refractivity contribution in [2.45, 2.75) is 19.3 Å². The highest BCUT2D eigenvalue weighted by Crippen LogP contribution is 2.30. The Kier molecular flexibility index (Phi) is 6.42. The summed E-state index contributed by atoms with van der Waals surface area (Å²) in [4.78, 5) is 12.1. The van der Waals surface area contributed by atoms with Crippen molar-refractivity contribution >= 4 is 32.4 Å². The Hall–Kier alpha value is -3.06. The fraction of sp³-hybridized carbons (Fsp3) is 0.292. The van der Waals surface area contributed by atoms with Gasteiger partial charge in [0.15, 0.2) is 0 Å². The third-order valence-corrected chi connectivity index (χ3v) is 7.19. The summed E-state index contributed by atoms with van der Waals surface area (Å²) in [6.45, 7) is 0.982. The fourth-order valence-electron chi connectivity index (χ4n) is 3.85. The SMILES string of the molecule is O=C(CCCOc1cccc2ccccc12)NCCS(=O)(=O)N1CCc2ccccc21. The van der Waals surface area contributed by atoms with Gasteiger partial charge in [0, 0.05) is 24.9 Å². The van der Waals surface area contributed by atoms with Crippen LogP contribution in [0, 0.1) is 0 Å². The van der Waals surface area contributed by atoms with E-state index in [0.29, 0.717) is 19.6 Å². The van der Waals surface area contributed by atoms with Gasteiger partial charge in [0.2, 0.25) is 15.9 Å². The van der Waals surface area contributed by atoms with E-state index in [1.54, 1.807) is 0 Å². The Labute approximate surface area is 182 Å². The van der Waals surface area contributed by atoms with E-state index in [2.05, 4.69) is 5.32 Å². The largest absolute Gasteiger partial charge is 0.493 e. The molecular formula is C24H26N2O4S. The number of hydrogen-bond donors (Lipinski definition) is 1. The number of sulfonamides is 1. The molecule has 0 saturated heterocycles. The van der Waals surface area contributed by atoms with E-state index in [4.69, 9.17) is 4.74 Å². The second-order valence-electron chi connectivity index (χ2n) is 7.55. The number of nitrogens with zero attached hydrogens (tertiary/aromatic N) is 1. The zero-order valence-corrected chi connectivity index (χ0v) is 18.1. The highest BCUT2D eigenvalue weighted by Gasteiger charge is 2.28. The van der Waals surface area contributed by atoms with Crippen molar-refractivity contribution in [3.8, 4) is 5.75 Å². The van der Waals surface area contributed by atoms with E-state index in [1.165, 1.54) is 4.31 Å². The van der Waals surface area contributed by atoms with Crippen LogP contribution in [0.3, 0.4) is 0 Å². The first-order valence-electron chi connectivity index (χ1n) is 10.5. The van der Waals surface area contributed by atoms with E-state index < -0.39 is 10.0 Å². The summed E-state index contributed by atoms with van der Waals surface area (Å²) in [6.07, 6.45) is 1.57. The molecule has 31 heavy (non-hydrogen) atoms. The highest BCUT2D eigenvalue weighted by atomic mass is 32.2. The molecule has 0 unspecified atom stereocenters. The summed E-state index contributed by atoms with van der Waals surface area (Å²) in [5.74, 6) is 0.522. The molecule has 4 rings (SSSR count). The van der Waals surface area contributed by atoms with Crippen molar-refractivity contribution in [3.63, 3.8) is 0 Å². The van der Waals surface area contributed by atoms with E-state index in [9.17, 15) is 13.2 Å². The summed E-state index contributed by atoms with van der Waals surface area (Å²) in [5, 5.41) is 4.87. The number of rotatable bonds is 9. The minimum absolute atomic E-state index is 0.101. The average molecular weight is 439 g/mol. The van der Waals surface area contributed by atoms with Crippen molar-refractivity contribution in [2.24, 2.45) is 0 Å². The van der Waals surface area contributed by atoms with Gasteiger partial charge in [0.25, 0.3) is 0 Å². The van der Waals surface area contributed by atoms with Crippen LogP contribution in [0.2, 0.25) is 0 Å². The lowest BCUT2D eigenvalue weighted by Gasteiger charge is -2.19. The van der Waals surface area contributed by atoms with Gasteiger partial charge in [-0.1, -0.05) is 54.6 Å². The number of nitrogens with one attached hydrogen (secondary N) is 1. The first kappa shape index (κ1) is 21.2. The molecule has 0 fully saturated rings. The number of amides is 1. The predicted molar refractivity (Wildman–Crippen MR) is 123 cm³/mol. The number of fused-ring (bicyclic) bond motifs is 2. The molecule has 7 heteroatoms. The topological polar surface area (TPSA) is 75.7 Å². The molecule has 0 spiro atoms. The molecule has 3 aromatic carbocycles. The van der Waals surface area contributed by atoms with Crippen LogP contribution in [0.1, 0.15) is 18.4 Å². The normalized spacial score (nSPS) is 13.2. The van der Waals surface area contributed by atoms with Crippen LogP contribution in [-0.4, -0.2) is 39.8 Å². The predicted octanol–water partition coefficient (Wildman–Crippen LogP) is 3.51. The van der Waals surface area contributed by atoms with E-state index in [1.807, 2.05) is 66.7 Å². The van der Waals surface area contributed by atoms with Crippen molar-refractivity contribution in [3.05, 3.63) is 72.3 Å². The molecule has 0 aromatic heterocycles. The Bertz CT molecular complexity index is 1170. The molecule has 1 aliphatic rings. The quantitative estimate of drug-likeness (QED) is 0.519. The average Bonchev–Trinajstić information content (AvgIpc) is 3.22. The van der Waals surface area contributed by atoms with Crippen LogP contribution in [0.4, 0.5) is 5.69 Å². The van der Waals surface area contributed by atoms with Crippen molar-refractivity contribution in [2.75, 3.05) is 29.8 Å². The lowest BCUT2D eigenvalue weighted by atomic mass is 10.1. The Morgan fingerprint density at radius 2 is 1.77 bits per heavy atom. The monoisotopic (exact) mass is 438 g/mol. The van der Waals surface area contributed by atoms with Crippen LogP contribution in [0.15, 0.2) is 66.7 Å². The van der Waals surface area contributed by atoms with Gasteiger partial charge in [-0.15, -0.1) is 0 Å². The second kappa shape index (κ2) is 9.39. The van der Waals surface area contributed by atoms with Crippen molar-refractivity contribution in [1.29, 1.82) is 0 Å². The first-order valence-corrected chi connectivity index (χ1v) is 12.1. The maximum absolute atomic E-state index is 12.7. The number of carbonyl (C=O) groups excluding carboxylic acids is 1. The van der Waals surface area contributed by atoms with E-state index in [-0.39, 0.29) is 24.6 Å². The van der Waals surface area contributed by atoms with Crippen molar-refractivity contribution < 1.29 is 17.9 Å². The van der Waals surface area contributed by atoms with Gasteiger partial charge in [-0.2, -0.15) is 0 Å². The second-order valence-corrected chi connectivity index (χ2v) is 9.56. The van der Waals surface area contributed by atoms with Crippen LogP contribution < -0.4 is 14.4 Å². The molecular weight excluding hydrogens is 412 g/mol. The summed E-state index contributed by atoms with van der Waals surface area (Å²) in [6, 6.07) is 21.4. The third kappa shape index (κ3) is 4.99. The zero-order valence-electron chi connectivity index (χ0n) is 17.3. The van der Waals surface area contributed by atoms with Crippen LogP contribution >= 0.6 is 0 Å². The Morgan fingerprint density at radius 1 is 1.00 bits per heavy atom. The third-order valence-electron chi connectivity index (χ3n) is 5.42. The summed E-state index contributed by atoms with van der Waals surface area (Å²) in [7, 11) is -3.46. The van der Waals surface area contributed by atoms with Crippen LogP contribution in [-0.2, 0) is 21.2 Å². The Morgan fingerprint density at radius 3 is 2.68 bits per heavy atom. The molecule has 1 aliphatic heterocycles. The molecule has 1 heterocycles. The standard InChI is InChI=1S/C24H26N2O4S/c27-24(13-6-17-30-23-12-5-9-19-7-1-3-10-21(19)23)25-15-18-31(28,29)26-16-14-20-8-2-4-11-22(20)26/h1-5,7-12H,6,13-18H2,(H,25,27). The minimum atomic E-state index is -3.46. The van der Waals surface area contributed by atoms with Crippen molar-refractivity contribution in [1.82, 2.24) is 5.32 Å². The molecule has 1 amide bonds. The van der Waals surface area contributed by atoms with Gasteiger partial charge in [-0.25, -0.2) is 8.42 Å². The number of carbonyl (C=O) groups is 1. The maximum Gasteiger partial charge on any atom is 0.236 e. The first-order chi connectivity index (χ1) is 15.0.